The molecule has 1 aliphatic rings. The van der Waals surface area contributed by atoms with E-state index in [9.17, 15) is 14.9 Å². The summed E-state index contributed by atoms with van der Waals surface area (Å²) < 4.78 is 9.66. The topological polar surface area (TPSA) is 93.9 Å². The molecule has 8 nitrogen and oxygen atoms in total. The van der Waals surface area contributed by atoms with E-state index in [1.807, 2.05) is 7.05 Å². The minimum Gasteiger partial charge on any atom is -0.475 e. The standard InChI is InChI=1S/C16H23N3O5/c1-18(13-5-7-17-8-6-13)10-12-3-4-15(14(9-12)19(21)22)24-11-16(20)23-2/h3-4,9,13,17H,5-8,10-11H2,1-2H3. The van der Waals surface area contributed by atoms with E-state index in [1.165, 1.54) is 19.2 Å². The lowest BCUT2D eigenvalue weighted by molar-refractivity contribution is -0.385. The molecule has 132 valence electrons. The summed E-state index contributed by atoms with van der Waals surface area (Å²) in [7, 11) is 3.27. The van der Waals surface area contributed by atoms with Crippen LogP contribution in [0.15, 0.2) is 18.2 Å². The molecule has 0 saturated carbocycles. The van der Waals surface area contributed by atoms with Crippen LogP contribution < -0.4 is 10.1 Å². The number of rotatable bonds is 7. The van der Waals surface area contributed by atoms with Gasteiger partial charge in [-0.25, -0.2) is 4.79 Å². The molecule has 24 heavy (non-hydrogen) atoms. The monoisotopic (exact) mass is 337 g/mol. The van der Waals surface area contributed by atoms with Gasteiger partial charge in [-0.15, -0.1) is 0 Å². The predicted octanol–water partition coefficient (Wildman–Crippen LogP) is 1.33. The number of hydrogen-bond donors (Lipinski definition) is 1. The lowest BCUT2D eigenvalue weighted by Crippen LogP contribution is -2.40. The molecule has 0 unspecified atom stereocenters. The first-order chi connectivity index (χ1) is 11.5. The van der Waals surface area contributed by atoms with Crippen LogP contribution in [0.1, 0.15) is 18.4 Å². The number of carbonyl (C=O) groups is 1. The van der Waals surface area contributed by atoms with Crippen molar-refractivity contribution in [1.82, 2.24) is 10.2 Å². The third-order valence-electron chi connectivity index (χ3n) is 4.16. The highest BCUT2D eigenvalue weighted by molar-refractivity contribution is 5.71. The molecule has 1 heterocycles. The Morgan fingerprint density at radius 2 is 2.12 bits per heavy atom. The van der Waals surface area contributed by atoms with Crippen LogP contribution in [0, 0.1) is 10.1 Å². The van der Waals surface area contributed by atoms with Crippen LogP contribution in [0.5, 0.6) is 5.75 Å². The fourth-order valence-corrected chi connectivity index (χ4v) is 2.79. The first kappa shape index (κ1) is 18.2. The molecule has 1 aromatic rings. The smallest absolute Gasteiger partial charge is 0.343 e. The summed E-state index contributed by atoms with van der Waals surface area (Å²) in [5.41, 5.74) is 0.697. The Morgan fingerprint density at radius 1 is 1.42 bits per heavy atom. The third kappa shape index (κ3) is 4.90. The molecular formula is C16H23N3O5. The molecule has 0 radical (unpaired) electrons. The average molecular weight is 337 g/mol. The Morgan fingerprint density at radius 3 is 2.75 bits per heavy atom. The molecular weight excluding hydrogens is 314 g/mol. The number of nitrogens with one attached hydrogen (secondary N) is 1. The third-order valence-corrected chi connectivity index (χ3v) is 4.16. The number of carbonyl (C=O) groups excluding carboxylic acids is 1. The summed E-state index contributed by atoms with van der Waals surface area (Å²) in [5.74, 6) is -0.516. The molecule has 0 bridgehead atoms. The summed E-state index contributed by atoms with van der Waals surface area (Å²) in [6.45, 7) is 2.26. The highest BCUT2D eigenvalue weighted by Crippen LogP contribution is 2.29. The van der Waals surface area contributed by atoms with E-state index in [2.05, 4.69) is 15.0 Å². The van der Waals surface area contributed by atoms with E-state index in [0.717, 1.165) is 31.5 Å². The zero-order valence-electron chi connectivity index (χ0n) is 14.0. The maximum atomic E-state index is 11.3. The number of nitrogens with zero attached hydrogens (tertiary/aromatic N) is 2. The second-order valence-electron chi connectivity index (χ2n) is 5.82. The Bertz CT molecular complexity index is 587. The van der Waals surface area contributed by atoms with Gasteiger partial charge in [-0.3, -0.25) is 15.0 Å². The Kier molecular flexibility index (Phi) is 6.51. The fraction of sp³-hybridized carbons (Fsp3) is 0.562. The van der Waals surface area contributed by atoms with Crippen molar-refractivity contribution in [3.63, 3.8) is 0 Å². The molecule has 0 aliphatic carbocycles. The highest BCUT2D eigenvalue weighted by atomic mass is 16.6. The van der Waals surface area contributed by atoms with Gasteiger partial charge in [-0.05, 0) is 44.6 Å². The molecule has 2 rings (SSSR count). The van der Waals surface area contributed by atoms with Crippen molar-refractivity contribution in [2.75, 3.05) is 33.9 Å². The van der Waals surface area contributed by atoms with Gasteiger partial charge in [0.1, 0.15) is 0 Å². The van der Waals surface area contributed by atoms with Gasteiger partial charge in [0.05, 0.1) is 12.0 Å². The normalized spacial score (nSPS) is 15.3. The predicted molar refractivity (Wildman–Crippen MR) is 88.0 cm³/mol. The summed E-state index contributed by atoms with van der Waals surface area (Å²) in [5, 5.41) is 14.6. The average Bonchev–Trinajstić information content (AvgIpc) is 2.60. The molecule has 8 heteroatoms. The van der Waals surface area contributed by atoms with Crippen molar-refractivity contribution in [2.24, 2.45) is 0 Å². The van der Waals surface area contributed by atoms with Crippen LogP contribution in [0.3, 0.4) is 0 Å². The Balaban J connectivity index is 2.06. The van der Waals surface area contributed by atoms with E-state index in [0.29, 0.717) is 12.6 Å². The Labute approximate surface area is 140 Å². The van der Waals surface area contributed by atoms with Gasteiger partial charge in [0.2, 0.25) is 0 Å². The summed E-state index contributed by atoms with van der Waals surface area (Å²) in [6.07, 6.45) is 2.14. The van der Waals surface area contributed by atoms with E-state index in [-0.39, 0.29) is 18.0 Å². The summed E-state index contributed by atoms with van der Waals surface area (Å²) in [6, 6.07) is 5.30. The number of ether oxygens (including phenoxy) is 2. The lowest BCUT2D eigenvalue weighted by Gasteiger charge is -2.31. The van der Waals surface area contributed by atoms with Gasteiger partial charge in [0, 0.05) is 18.7 Å². The van der Waals surface area contributed by atoms with Gasteiger partial charge in [-0.2, -0.15) is 0 Å². The molecule has 0 spiro atoms. The van der Waals surface area contributed by atoms with Gasteiger partial charge in [-0.1, -0.05) is 6.07 Å². The second-order valence-corrected chi connectivity index (χ2v) is 5.82. The summed E-state index contributed by atoms with van der Waals surface area (Å²) in [4.78, 5) is 24.1. The van der Waals surface area contributed by atoms with E-state index < -0.39 is 10.9 Å². The molecule has 0 aromatic heterocycles. The molecule has 1 aromatic carbocycles. The highest BCUT2D eigenvalue weighted by Gasteiger charge is 2.21. The van der Waals surface area contributed by atoms with Crippen LogP contribution in [0.2, 0.25) is 0 Å². The SMILES string of the molecule is COC(=O)COc1ccc(CN(C)C2CCNCC2)cc1[N+](=O)[O-]. The lowest BCUT2D eigenvalue weighted by atomic mass is 10.0. The second kappa shape index (κ2) is 8.60. The van der Waals surface area contributed by atoms with E-state index in [1.54, 1.807) is 6.07 Å². The van der Waals surface area contributed by atoms with Crippen molar-refractivity contribution in [2.45, 2.75) is 25.4 Å². The molecule has 1 aliphatic heterocycles. The van der Waals surface area contributed by atoms with Gasteiger partial charge >= 0.3 is 11.7 Å². The zero-order valence-corrected chi connectivity index (χ0v) is 14.0. The number of benzene rings is 1. The van der Waals surface area contributed by atoms with Crippen molar-refractivity contribution in [1.29, 1.82) is 0 Å². The van der Waals surface area contributed by atoms with Crippen molar-refractivity contribution < 1.29 is 19.2 Å². The number of hydrogen-bond acceptors (Lipinski definition) is 7. The molecule has 1 N–H and O–H groups in total. The fourth-order valence-electron chi connectivity index (χ4n) is 2.79. The zero-order chi connectivity index (χ0) is 17.5. The van der Waals surface area contributed by atoms with Crippen LogP contribution in [0.25, 0.3) is 0 Å². The number of nitro benzene ring substituents is 1. The first-order valence-electron chi connectivity index (χ1n) is 7.89. The molecule has 1 fully saturated rings. The Hall–Kier alpha value is -2.19. The van der Waals surface area contributed by atoms with Gasteiger partial charge in [0.15, 0.2) is 12.4 Å². The van der Waals surface area contributed by atoms with Crippen LogP contribution in [-0.2, 0) is 16.1 Å². The van der Waals surface area contributed by atoms with E-state index >= 15 is 0 Å². The minimum atomic E-state index is -0.584. The van der Waals surface area contributed by atoms with Crippen LogP contribution >= 0.6 is 0 Å². The minimum absolute atomic E-state index is 0.0682. The number of piperidine rings is 1. The first-order valence-corrected chi connectivity index (χ1v) is 7.89. The van der Waals surface area contributed by atoms with Crippen LogP contribution in [0.4, 0.5) is 5.69 Å². The van der Waals surface area contributed by atoms with E-state index in [4.69, 9.17) is 4.74 Å². The van der Waals surface area contributed by atoms with Gasteiger partial charge < -0.3 is 14.8 Å². The largest absolute Gasteiger partial charge is 0.475 e. The van der Waals surface area contributed by atoms with Gasteiger partial charge in [0.25, 0.3) is 0 Å². The van der Waals surface area contributed by atoms with Crippen LogP contribution in [-0.4, -0.2) is 55.7 Å². The molecule has 0 atom stereocenters. The maximum absolute atomic E-state index is 11.3. The summed E-state index contributed by atoms with van der Waals surface area (Å²) >= 11 is 0. The quantitative estimate of drug-likeness (QED) is 0.456. The number of esters is 1. The van der Waals surface area contributed by atoms with Crippen molar-refractivity contribution in [3.05, 3.63) is 33.9 Å². The maximum Gasteiger partial charge on any atom is 0.343 e. The molecule has 1 saturated heterocycles. The number of nitro groups is 1. The van der Waals surface area contributed by atoms with Crippen molar-refractivity contribution in [3.8, 4) is 5.75 Å². The number of methoxy groups -OCH3 is 1. The molecule has 0 amide bonds. The van der Waals surface area contributed by atoms with Crippen molar-refractivity contribution >= 4 is 11.7 Å².